The van der Waals surface area contributed by atoms with Crippen LogP contribution in [0.15, 0.2) is 69.5 Å². The number of benzene rings is 3. The van der Waals surface area contributed by atoms with Crippen LogP contribution < -0.4 is 15.1 Å². The van der Waals surface area contributed by atoms with Crippen molar-refractivity contribution in [3.8, 4) is 0 Å². The highest BCUT2D eigenvalue weighted by Crippen LogP contribution is 2.42. The third kappa shape index (κ3) is 10.7. The van der Waals surface area contributed by atoms with Gasteiger partial charge in [-0.2, -0.15) is 23.5 Å². The molecule has 2 aliphatic heterocycles. The van der Waals surface area contributed by atoms with Gasteiger partial charge >= 0.3 is 5.97 Å². The van der Waals surface area contributed by atoms with E-state index < -0.39 is 5.97 Å². The summed E-state index contributed by atoms with van der Waals surface area (Å²) in [4.78, 5) is 42.8. The molecule has 2 N–H and O–H groups in total. The molecular weight excluding hydrogens is 829 g/mol. The Bertz CT molecular complexity index is 2350. The van der Waals surface area contributed by atoms with Gasteiger partial charge in [0.15, 0.2) is 5.76 Å². The summed E-state index contributed by atoms with van der Waals surface area (Å²) in [7, 11) is 1.64. The second-order valence-corrected chi connectivity index (χ2v) is 20.3. The number of anilines is 3. The number of carboxylic acid groups (broad SMARTS) is 1. The highest BCUT2D eigenvalue weighted by Gasteiger charge is 2.31. The predicted octanol–water partition coefficient (Wildman–Crippen LogP) is 11.6. The van der Waals surface area contributed by atoms with Crippen LogP contribution >= 0.6 is 23.5 Å². The molecule has 336 valence electrons. The van der Waals surface area contributed by atoms with E-state index in [0.717, 1.165) is 85.4 Å². The molecule has 0 bridgehead atoms. The van der Waals surface area contributed by atoms with Gasteiger partial charge < -0.3 is 34.0 Å². The lowest BCUT2D eigenvalue weighted by molar-refractivity contribution is -0.137. The first-order chi connectivity index (χ1) is 30.6. The van der Waals surface area contributed by atoms with Crippen molar-refractivity contribution >= 4 is 80.2 Å². The lowest BCUT2D eigenvalue weighted by Gasteiger charge is -2.31. The zero-order valence-electron chi connectivity index (χ0n) is 37.3. The highest BCUT2D eigenvalue weighted by molar-refractivity contribution is 7.99. The fourth-order valence-corrected chi connectivity index (χ4v) is 11.7. The van der Waals surface area contributed by atoms with Crippen molar-refractivity contribution in [1.82, 2.24) is 4.90 Å². The number of nitrogens with zero attached hydrogens (tertiary/aromatic N) is 3. The van der Waals surface area contributed by atoms with Gasteiger partial charge in [-0.05, 0) is 106 Å². The number of aryl methyl sites for hydroxylation is 2. The van der Waals surface area contributed by atoms with Crippen LogP contribution in [0, 0.1) is 25.7 Å². The summed E-state index contributed by atoms with van der Waals surface area (Å²) in [5.41, 5.74) is 8.03. The van der Waals surface area contributed by atoms with Gasteiger partial charge in [0.2, 0.25) is 5.78 Å². The molecule has 63 heavy (non-hydrogen) atoms. The summed E-state index contributed by atoms with van der Waals surface area (Å²) >= 11 is 4.04. The number of rotatable bonds is 12. The van der Waals surface area contributed by atoms with Crippen molar-refractivity contribution in [3.63, 3.8) is 0 Å². The molecule has 3 aromatic carbocycles. The van der Waals surface area contributed by atoms with E-state index in [1.54, 1.807) is 7.05 Å². The number of Topliss-reactive ketones (excluding diaryl/α,β-unsaturated/α-hetero) is 1. The quantitative estimate of drug-likeness (QED) is 0.117. The Labute approximate surface area is 380 Å². The molecule has 2 aromatic heterocycles. The average molecular weight is 893 g/mol. The number of thioether (sulfide) groups is 2. The molecule has 4 aliphatic rings. The van der Waals surface area contributed by atoms with Crippen molar-refractivity contribution in [2.45, 2.75) is 90.5 Å². The number of fused-ring (bicyclic) bond motifs is 2. The number of nitrogens with one attached hydrogen (secondary N) is 1. The van der Waals surface area contributed by atoms with Crippen LogP contribution in [-0.2, 0) is 4.79 Å². The van der Waals surface area contributed by atoms with Gasteiger partial charge in [0.25, 0.3) is 5.91 Å². The minimum Gasteiger partial charge on any atom is -0.481 e. The molecule has 2 saturated carbocycles. The van der Waals surface area contributed by atoms with E-state index in [0.29, 0.717) is 17.2 Å². The molecule has 12 heteroatoms. The fourth-order valence-electron chi connectivity index (χ4n) is 9.89. The van der Waals surface area contributed by atoms with E-state index in [4.69, 9.17) is 13.9 Å². The van der Waals surface area contributed by atoms with E-state index in [2.05, 4.69) is 52.4 Å². The number of carbonyl (C=O) groups excluding carboxylic acids is 2. The van der Waals surface area contributed by atoms with Gasteiger partial charge in [-0.3, -0.25) is 14.4 Å². The van der Waals surface area contributed by atoms with Crippen LogP contribution in [0.3, 0.4) is 0 Å². The summed E-state index contributed by atoms with van der Waals surface area (Å²) < 4.78 is 12.6. The summed E-state index contributed by atoms with van der Waals surface area (Å²) in [6, 6.07) is 20.6. The minimum atomic E-state index is -0.911. The van der Waals surface area contributed by atoms with Crippen molar-refractivity contribution in [1.29, 1.82) is 0 Å². The third-order valence-corrected chi connectivity index (χ3v) is 15.6. The van der Waals surface area contributed by atoms with Crippen molar-refractivity contribution in [2.24, 2.45) is 11.8 Å². The maximum absolute atomic E-state index is 12.9. The Kier molecular flexibility index (Phi) is 15.0. The maximum Gasteiger partial charge on any atom is 0.305 e. The van der Waals surface area contributed by atoms with E-state index >= 15 is 0 Å². The molecule has 4 fully saturated rings. The standard InChI is InChI=1S/C31H39N3O4S.C20H25NO2S/c1-21-26-20-25(34-16-18-39-19-17-34)12-13-27(26)38-30(21)29(22-6-4-3-5-7-22)32-24-10-8-23(9-11-24)31(37)33(2)15-14-28(35)36;1-14-17-13-16(21-9-11-24-12-10-21)7-8-18(17)23-20(14)19(22)15-5-3-2-4-6-15/h8-13,20,22,29,32H,3-7,14-19H2,1-2H3,(H,35,36);7-8,13,15H,2-6,9-12H2,1H3. The number of hydrogen-bond acceptors (Lipinski definition) is 10. The van der Waals surface area contributed by atoms with Crippen LogP contribution in [0.4, 0.5) is 17.1 Å². The molecule has 2 aliphatic carbocycles. The molecule has 10 nitrogen and oxygen atoms in total. The van der Waals surface area contributed by atoms with Crippen molar-refractivity contribution < 1.29 is 28.3 Å². The molecule has 1 atom stereocenters. The second kappa shape index (κ2) is 21.0. The van der Waals surface area contributed by atoms with Crippen LogP contribution in [0.1, 0.15) is 114 Å². The zero-order valence-corrected chi connectivity index (χ0v) is 38.9. The molecule has 5 aromatic rings. The van der Waals surface area contributed by atoms with E-state index in [1.807, 2.05) is 60.8 Å². The molecule has 0 radical (unpaired) electrons. The number of hydrogen-bond donors (Lipinski definition) is 2. The smallest absolute Gasteiger partial charge is 0.305 e. The average Bonchev–Trinajstić information content (AvgIpc) is 3.85. The molecule has 0 spiro atoms. The zero-order chi connectivity index (χ0) is 43.9. The first kappa shape index (κ1) is 45.0. The number of carbonyl (C=O) groups is 3. The Hall–Kier alpha value is -4.55. The Morgan fingerprint density at radius 1 is 0.730 bits per heavy atom. The number of furan rings is 2. The SMILES string of the molecule is Cc1c(C(=O)C2CCCCC2)oc2ccc(N3CCSCC3)cc12.Cc1c(C(Nc2ccc(C(=O)N(C)CCC(=O)O)cc2)C2CCCCC2)oc2ccc(N3CCSCC3)cc12. The third-order valence-electron chi connectivity index (χ3n) is 13.7. The van der Waals surface area contributed by atoms with Crippen molar-refractivity contribution in [3.05, 3.63) is 88.9 Å². The van der Waals surface area contributed by atoms with Gasteiger partial charge in [0, 0.05) is 113 Å². The summed E-state index contributed by atoms with van der Waals surface area (Å²) in [6.07, 6.45) is 11.7. The predicted molar refractivity (Wildman–Crippen MR) is 260 cm³/mol. The van der Waals surface area contributed by atoms with E-state index in [1.165, 1.54) is 88.8 Å². The van der Waals surface area contributed by atoms with Crippen LogP contribution in [0.2, 0.25) is 0 Å². The number of ketones is 1. The Balaban J connectivity index is 0.000000193. The highest BCUT2D eigenvalue weighted by atomic mass is 32.2. The molecule has 1 unspecified atom stereocenters. The maximum atomic E-state index is 12.9. The van der Waals surface area contributed by atoms with Crippen LogP contribution in [0.5, 0.6) is 0 Å². The number of aliphatic carboxylic acids is 1. The molecule has 9 rings (SSSR count). The lowest BCUT2D eigenvalue weighted by Crippen LogP contribution is -2.32. The normalized spacial score (nSPS) is 18.2. The largest absolute Gasteiger partial charge is 0.481 e. The van der Waals surface area contributed by atoms with Crippen molar-refractivity contribution in [2.75, 3.05) is 77.9 Å². The van der Waals surface area contributed by atoms with Gasteiger partial charge in [0.1, 0.15) is 16.9 Å². The van der Waals surface area contributed by atoms with Gasteiger partial charge in [-0.15, -0.1) is 0 Å². The Morgan fingerprint density at radius 3 is 1.84 bits per heavy atom. The first-order valence-electron chi connectivity index (χ1n) is 23.2. The molecule has 4 heterocycles. The topological polar surface area (TPSA) is 119 Å². The van der Waals surface area contributed by atoms with Gasteiger partial charge in [0.05, 0.1) is 12.5 Å². The molecule has 1 amide bonds. The summed E-state index contributed by atoms with van der Waals surface area (Å²) in [5.74, 6) is 6.10. The van der Waals surface area contributed by atoms with Crippen LogP contribution in [0.25, 0.3) is 21.9 Å². The summed E-state index contributed by atoms with van der Waals surface area (Å²) in [6.45, 7) is 8.77. The summed E-state index contributed by atoms with van der Waals surface area (Å²) in [5, 5.41) is 15.0. The monoisotopic (exact) mass is 892 g/mol. The number of carboxylic acids is 1. The Morgan fingerprint density at radius 2 is 1.27 bits per heavy atom. The minimum absolute atomic E-state index is 0.0485. The second-order valence-electron chi connectivity index (χ2n) is 17.9. The van der Waals surface area contributed by atoms with E-state index in [-0.39, 0.29) is 36.6 Å². The lowest BCUT2D eigenvalue weighted by atomic mass is 9.82. The van der Waals surface area contributed by atoms with Gasteiger partial charge in [-0.25, -0.2) is 0 Å². The van der Waals surface area contributed by atoms with Gasteiger partial charge in [-0.1, -0.05) is 38.5 Å². The number of amides is 1. The molecular formula is C51H64N4O6S2. The first-order valence-corrected chi connectivity index (χ1v) is 25.5. The fraction of sp³-hybridized carbons (Fsp3) is 0.510. The van der Waals surface area contributed by atoms with Crippen LogP contribution in [-0.4, -0.2) is 90.4 Å². The van der Waals surface area contributed by atoms with E-state index in [9.17, 15) is 14.4 Å². The molecule has 2 saturated heterocycles.